The molecule has 0 bridgehead atoms. The van der Waals surface area contributed by atoms with Crippen LogP contribution in [0.4, 0.5) is 0 Å². The van der Waals surface area contributed by atoms with Gasteiger partial charge in [-0.3, -0.25) is 4.79 Å². The van der Waals surface area contributed by atoms with Crippen LogP contribution in [0.15, 0.2) is 12.7 Å². The summed E-state index contributed by atoms with van der Waals surface area (Å²) in [5, 5.41) is 10.1. The Morgan fingerprint density at radius 2 is 2.25 bits per heavy atom. The van der Waals surface area contributed by atoms with Gasteiger partial charge in [-0.1, -0.05) is 19.9 Å². The maximum Gasteiger partial charge on any atom is 0.138 e. The van der Waals surface area contributed by atoms with E-state index in [-0.39, 0.29) is 17.1 Å². The summed E-state index contributed by atoms with van der Waals surface area (Å²) in [6.07, 6.45) is 5.00. The fourth-order valence-corrected chi connectivity index (χ4v) is 3.73. The molecule has 2 rings (SSSR count). The van der Waals surface area contributed by atoms with E-state index in [1.54, 1.807) is 0 Å². The largest absolute Gasteiger partial charge is 0.392 e. The number of hydrogen-bond acceptors (Lipinski definition) is 2. The number of ketones is 1. The smallest absolute Gasteiger partial charge is 0.138 e. The Labute approximate surface area is 97.7 Å². The van der Waals surface area contributed by atoms with Gasteiger partial charge >= 0.3 is 0 Å². The Bertz CT molecular complexity index is 310. The zero-order valence-electron chi connectivity index (χ0n) is 10.3. The Hall–Kier alpha value is -0.630. The second kappa shape index (κ2) is 3.99. The number of fused-ring (bicyclic) bond motifs is 1. The first-order valence-corrected chi connectivity index (χ1v) is 6.35. The van der Waals surface area contributed by atoms with Crippen molar-refractivity contribution >= 4 is 5.78 Å². The Morgan fingerprint density at radius 3 is 2.88 bits per heavy atom. The predicted octanol–water partition coefficient (Wildman–Crippen LogP) is 2.56. The molecule has 0 aromatic rings. The minimum atomic E-state index is -0.430. The molecule has 2 heteroatoms. The van der Waals surface area contributed by atoms with Gasteiger partial charge in [0, 0.05) is 12.3 Å². The van der Waals surface area contributed by atoms with Crippen molar-refractivity contribution in [3.8, 4) is 0 Å². The van der Waals surface area contributed by atoms with Crippen molar-refractivity contribution in [1.29, 1.82) is 0 Å². The minimum absolute atomic E-state index is 0.0139. The molecule has 0 radical (unpaired) electrons. The maximum absolute atomic E-state index is 12.0. The van der Waals surface area contributed by atoms with Crippen LogP contribution in [0.2, 0.25) is 0 Å². The summed E-state index contributed by atoms with van der Waals surface area (Å²) in [4.78, 5) is 12.0. The van der Waals surface area contributed by atoms with Crippen LogP contribution in [0.5, 0.6) is 0 Å². The molecule has 2 aliphatic carbocycles. The van der Waals surface area contributed by atoms with Crippen LogP contribution in [0.3, 0.4) is 0 Å². The molecule has 0 heterocycles. The Kier molecular flexibility index (Phi) is 2.95. The number of carbonyl (C=O) groups excluding carboxylic acids is 1. The highest BCUT2D eigenvalue weighted by Crippen LogP contribution is 2.53. The predicted molar refractivity (Wildman–Crippen MR) is 63.9 cm³/mol. The van der Waals surface area contributed by atoms with Gasteiger partial charge in [0.25, 0.3) is 0 Å². The minimum Gasteiger partial charge on any atom is -0.392 e. The lowest BCUT2D eigenvalue weighted by atomic mass is 9.53. The fourth-order valence-electron chi connectivity index (χ4n) is 3.73. The average molecular weight is 222 g/mol. The van der Waals surface area contributed by atoms with E-state index < -0.39 is 6.10 Å². The van der Waals surface area contributed by atoms with E-state index in [2.05, 4.69) is 20.4 Å². The first-order chi connectivity index (χ1) is 7.50. The quantitative estimate of drug-likeness (QED) is 0.692. The molecular formula is C14H22O2. The van der Waals surface area contributed by atoms with E-state index in [0.29, 0.717) is 18.3 Å². The van der Waals surface area contributed by atoms with Crippen molar-refractivity contribution in [2.45, 2.75) is 45.6 Å². The zero-order chi connectivity index (χ0) is 11.9. The van der Waals surface area contributed by atoms with Crippen LogP contribution in [-0.2, 0) is 4.79 Å². The van der Waals surface area contributed by atoms with Crippen molar-refractivity contribution in [3.05, 3.63) is 12.7 Å². The number of hydrogen-bond donors (Lipinski definition) is 1. The number of aliphatic hydroxyl groups excluding tert-OH is 1. The normalized spacial score (nSPS) is 48.6. The van der Waals surface area contributed by atoms with E-state index in [1.807, 2.05) is 6.08 Å². The van der Waals surface area contributed by atoms with E-state index in [9.17, 15) is 9.90 Å². The standard InChI is InChI=1S/C14H22O2/c1-4-14(3)9(2)8-12(16)13-10(14)6-5-7-11(13)15/h4,9-10,12-13,16H,1,5-8H2,2-3H3/t9-,10+,12+,13-,14+/m1/s1. The van der Waals surface area contributed by atoms with Gasteiger partial charge in [-0.25, -0.2) is 0 Å². The average Bonchev–Trinajstić information content (AvgIpc) is 2.25. The van der Waals surface area contributed by atoms with Gasteiger partial charge in [-0.05, 0) is 36.5 Å². The first-order valence-electron chi connectivity index (χ1n) is 6.35. The fraction of sp³-hybridized carbons (Fsp3) is 0.786. The molecule has 5 atom stereocenters. The van der Waals surface area contributed by atoms with Crippen LogP contribution in [0.25, 0.3) is 0 Å². The molecule has 2 nitrogen and oxygen atoms in total. The van der Waals surface area contributed by atoms with Gasteiger partial charge < -0.3 is 5.11 Å². The highest BCUT2D eigenvalue weighted by Gasteiger charge is 2.51. The van der Waals surface area contributed by atoms with E-state index in [0.717, 1.165) is 19.3 Å². The van der Waals surface area contributed by atoms with Gasteiger partial charge in [0.1, 0.15) is 5.78 Å². The van der Waals surface area contributed by atoms with E-state index in [4.69, 9.17) is 0 Å². The number of carbonyl (C=O) groups is 1. The molecule has 0 aromatic carbocycles. The second-order valence-corrected chi connectivity index (χ2v) is 5.77. The molecule has 0 saturated heterocycles. The molecular weight excluding hydrogens is 200 g/mol. The third-order valence-corrected chi connectivity index (χ3v) is 5.05. The summed E-state index contributed by atoms with van der Waals surface area (Å²) in [6.45, 7) is 8.32. The third-order valence-electron chi connectivity index (χ3n) is 5.05. The van der Waals surface area contributed by atoms with Crippen LogP contribution < -0.4 is 0 Å². The molecule has 1 N–H and O–H groups in total. The topological polar surface area (TPSA) is 37.3 Å². The lowest BCUT2D eigenvalue weighted by Crippen LogP contribution is -2.52. The molecule has 90 valence electrons. The van der Waals surface area contributed by atoms with Crippen LogP contribution >= 0.6 is 0 Å². The molecule has 0 aliphatic heterocycles. The number of aliphatic hydroxyl groups is 1. The van der Waals surface area contributed by atoms with Gasteiger partial charge in [-0.15, -0.1) is 6.58 Å². The van der Waals surface area contributed by atoms with Crippen molar-refractivity contribution in [2.75, 3.05) is 0 Å². The highest BCUT2D eigenvalue weighted by atomic mass is 16.3. The molecule has 0 unspecified atom stereocenters. The SMILES string of the molecule is C=C[C@@]1(C)[C@H](C)C[C@H](O)[C@H]2C(=O)CCC[C@@H]21. The molecule has 16 heavy (non-hydrogen) atoms. The highest BCUT2D eigenvalue weighted by molar-refractivity contribution is 5.83. The summed E-state index contributed by atoms with van der Waals surface area (Å²) in [7, 11) is 0. The molecule has 2 fully saturated rings. The molecule has 2 saturated carbocycles. The third kappa shape index (κ3) is 1.55. The Balaban J connectivity index is 2.36. The maximum atomic E-state index is 12.0. The summed E-state index contributed by atoms with van der Waals surface area (Å²) >= 11 is 0. The lowest BCUT2D eigenvalue weighted by molar-refractivity contribution is -0.143. The summed E-state index contributed by atoms with van der Waals surface area (Å²) in [5.41, 5.74) is 0.0139. The van der Waals surface area contributed by atoms with Crippen molar-refractivity contribution in [2.24, 2.45) is 23.2 Å². The Morgan fingerprint density at radius 1 is 1.56 bits per heavy atom. The molecule has 0 aromatic heterocycles. The first kappa shape index (κ1) is 11.8. The molecule has 0 amide bonds. The number of allylic oxidation sites excluding steroid dienone is 1. The van der Waals surface area contributed by atoms with Gasteiger partial charge in [0.15, 0.2) is 0 Å². The summed E-state index contributed by atoms with van der Waals surface area (Å²) < 4.78 is 0. The lowest BCUT2D eigenvalue weighted by Gasteiger charge is -2.52. The van der Waals surface area contributed by atoms with Crippen LogP contribution in [-0.4, -0.2) is 17.0 Å². The monoisotopic (exact) mass is 222 g/mol. The van der Waals surface area contributed by atoms with Crippen molar-refractivity contribution < 1.29 is 9.90 Å². The van der Waals surface area contributed by atoms with Crippen molar-refractivity contribution in [3.63, 3.8) is 0 Å². The van der Waals surface area contributed by atoms with Gasteiger partial charge in [0.2, 0.25) is 0 Å². The summed E-state index contributed by atoms with van der Waals surface area (Å²) in [6, 6.07) is 0. The van der Waals surface area contributed by atoms with Crippen LogP contribution in [0.1, 0.15) is 39.5 Å². The summed E-state index contributed by atoms with van der Waals surface area (Å²) in [5.74, 6) is 0.842. The number of rotatable bonds is 1. The second-order valence-electron chi connectivity index (χ2n) is 5.77. The van der Waals surface area contributed by atoms with Gasteiger partial charge in [-0.2, -0.15) is 0 Å². The van der Waals surface area contributed by atoms with Crippen molar-refractivity contribution in [1.82, 2.24) is 0 Å². The zero-order valence-corrected chi connectivity index (χ0v) is 10.3. The van der Waals surface area contributed by atoms with E-state index in [1.165, 1.54) is 0 Å². The van der Waals surface area contributed by atoms with E-state index >= 15 is 0 Å². The molecule has 0 spiro atoms. The van der Waals surface area contributed by atoms with Crippen LogP contribution in [0, 0.1) is 23.2 Å². The van der Waals surface area contributed by atoms with Gasteiger partial charge in [0.05, 0.1) is 6.10 Å². The molecule has 2 aliphatic rings. The number of Topliss-reactive ketones (excluding diaryl/α,β-unsaturated/α-hetero) is 1.